The van der Waals surface area contributed by atoms with E-state index in [1.54, 1.807) is 18.5 Å². The number of esters is 1. The number of carbonyl (C=O) groups excluding carboxylic acids is 2. The van der Waals surface area contributed by atoms with Gasteiger partial charge in [0.2, 0.25) is 11.9 Å². The molecule has 1 amide bonds. The number of rotatable bonds is 6. The third-order valence-corrected chi connectivity index (χ3v) is 8.33. The Hall–Kier alpha value is -2.80. The number of likely N-dealkylation sites (tertiary alicyclic amines) is 1. The van der Waals surface area contributed by atoms with E-state index in [4.69, 9.17) is 4.74 Å². The van der Waals surface area contributed by atoms with Gasteiger partial charge in [-0.1, -0.05) is 56.0 Å². The highest BCUT2D eigenvalue weighted by Gasteiger charge is 2.48. The van der Waals surface area contributed by atoms with E-state index < -0.39 is 5.41 Å². The maximum atomic E-state index is 13.7. The van der Waals surface area contributed by atoms with E-state index in [-0.39, 0.29) is 18.0 Å². The summed E-state index contributed by atoms with van der Waals surface area (Å²) in [6.07, 6.45) is 12.5. The first-order valence-electron chi connectivity index (χ1n) is 13.2. The number of carbonyl (C=O) groups is 2. The van der Waals surface area contributed by atoms with Crippen LogP contribution in [0.3, 0.4) is 0 Å². The van der Waals surface area contributed by atoms with Gasteiger partial charge in [0, 0.05) is 18.3 Å². The third kappa shape index (κ3) is 5.40. The average Bonchev–Trinajstić information content (AvgIpc) is 3.21. The molecule has 1 saturated heterocycles. The van der Waals surface area contributed by atoms with Gasteiger partial charge in [-0.25, -0.2) is 9.97 Å². The first kappa shape index (κ1) is 23.9. The lowest BCUT2D eigenvalue weighted by Gasteiger charge is -2.45. The second-order valence-electron chi connectivity index (χ2n) is 10.4. The van der Waals surface area contributed by atoms with Gasteiger partial charge in [0.05, 0.1) is 12.0 Å². The Morgan fingerprint density at radius 2 is 1.69 bits per heavy atom. The summed E-state index contributed by atoms with van der Waals surface area (Å²) >= 11 is 0. The van der Waals surface area contributed by atoms with Crippen molar-refractivity contribution in [3.05, 3.63) is 54.4 Å². The molecule has 1 aromatic carbocycles. The predicted molar refractivity (Wildman–Crippen MR) is 134 cm³/mol. The van der Waals surface area contributed by atoms with Crippen LogP contribution in [-0.2, 0) is 19.7 Å². The summed E-state index contributed by atoms with van der Waals surface area (Å²) in [6, 6.07) is 12.0. The predicted octanol–water partition coefficient (Wildman–Crippen LogP) is 4.35. The van der Waals surface area contributed by atoms with Crippen LogP contribution in [0.5, 0.6) is 0 Å². The average molecular weight is 477 g/mol. The maximum Gasteiger partial charge on any atom is 0.316 e. The van der Waals surface area contributed by atoms with Crippen LogP contribution in [0.15, 0.2) is 48.8 Å². The minimum Gasteiger partial charge on any atom is -0.461 e. The number of anilines is 1. The van der Waals surface area contributed by atoms with Crippen LogP contribution in [0.2, 0.25) is 0 Å². The number of hydrogen-bond acceptors (Lipinski definition) is 6. The van der Waals surface area contributed by atoms with Crippen molar-refractivity contribution in [1.29, 1.82) is 0 Å². The number of aromatic nitrogens is 2. The Balaban J connectivity index is 1.18. The van der Waals surface area contributed by atoms with Gasteiger partial charge in [0.25, 0.3) is 0 Å². The summed E-state index contributed by atoms with van der Waals surface area (Å²) in [6.45, 7) is 2.06. The number of ether oxygens (including phenoxy) is 1. The van der Waals surface area contributed by atoms with E-state index in [9.17, 15) is 9.59 Å². The standard InChI is InChI=1S/C28H36N4O3/c33-25(31-27-29-15-8-16-30-27)20-32-17-11-21-19-24(23(21)12-18-32)35-26(34)28(13-6-1-2-7-14-28)22-9-4-3-5-10-22/h3-5,8-10,15-16,21,23-24H,1-2,6-7,11-14,17-20H2,(H,29,30,31,33)/t21?,23?,24-/m0/s1. The van der Waals surface area contributed by atoms with Crippen molar-refractivity contribution in [2.24, 2.45) is 11.8 Å². The van der Waals surface area contributed by atoms with Crippen LogP contribution in [-0.4, -0.2) is 52.5 Å². The topological polar surface area (TPSA) is 84.4 Å². The van der Waals surface area contributed by atoms with Crippen molar-refractivity contribution in [3.8, 4) is 0 Å². The number of hydrogen-bond donors (Lipinski definition) is 1. The molecule has 2 heterocycles. The van der Waals surface area contributed by atoms with Crippen molar-refractivity contribution >= 4 is 17.8 Å². The van der Waals surface area contributed by atoms with Crippen LogP contribution in [0.25, 0.3) is 0 Å². The van der Waals surface area contributed by atoms with E-state index in [0.29, 0.717) is 24.3 Å². The molecule has 7 heteroatoms. The molecule has 1 aliphatic heterocycles. The van der Waals surface area contributed by atoms with Gasteiger partial charge >= 0.3 is 5.97 Å². The van der Waals surface area contributed by atoms with Crippen LogP contribution in [0.1, 0.15) is 63.4 Å². The van der Waals surface area contributed by atoms with Crippen LogP contribution < -0.4 is 5.32 Å². The second kappa shape index (κ2) is 10.9. The molecule has 35 heavy (non-hydrogen) atoms. The van der Waals surface area contributed by atoms with Crippen LogP contribution >= 0.6 is 0 Å². The molecule has 2 saturated carbocycles. The number of nitrogens with one attached hydrogen (secondary N) is 1. The van der Waals surface area contributed by atoms with Gasteiger partial charge in [0.1, 0.15) is 6.10 Å². The molecular weight excluding hydrogens is 440 g/mol. The zero-order chi connectivity index (χ0) is 24.1. The van der Waals surface area contributed by atoms with Crippen LogP contribution in [0.4, 0.5) is 5.95 Å². The highest BCUT2D eigenvalue weighted by Crippen LogP contribution is 2.46. The molecule has 0 spiro atoms. The molecule has 0 radical (unpaired) electrons. The van der Waals surface area contributed by atoms with Crippen molar-refractivity contribution in [2.45, 2.75) is 69.3 Å². The lowest BCUT2D eigenvalue weighted by Crippen LogP contribution is -2.48. The first-order chi connectivity index (χ1) is 17.1. The molecule has 7 nitrogen and oxygen atoms in total. The molecule has 0 bridgehead atoms. The highest BCUT2D eigenvalue weighted by molar-refractivity contribution is 5.90. The molecule has 3 aliphatic rings. The summed E-state index contributed by atoms with van der Waals surface area (Å²) in [5, 5.41) is 2.77. The van der Waals surface area contributed by atoms with E-state index in [1.807, 2.05) is 18.2 Å². The number of fused-ring (bicyclic) bond motifs is 1. The molecule has 5 rings (SSSR count). The van der Waals surface area contributed by atoms with E-state index in [2.05, 4.69) is 32.3 Å². The Morgan fingerprint density at radius 1 is 0.971 bits per heavy atom. The smallest absolute Gasteiger partial charge is 0.316 e. The lowest BCUT2D eigenvalue weighted by atomic mass is 9.68. The molecule has 1 N–H and O–H groups in total. The Bertz CT molecular complexity index is 992. The zero-order valence-electron chi connectivity index (χ0n) is 20.4. The van der Waals surface area contributed by atoms with Gasteiger partial charge < -0.3 is 4.74 Å². The van der Waals surface area contributed by atoms with E-state index in [1.165, 1.54) is 12.8 Å². The first-order valence-corrected chi connectivity index (χ1v) is 13.2. The Labute approximate surface area is 207 Å². The van der Waals surface area contributed by atoms with Crippen molar-refractivity contribution in [2.75, 3.05) is 25.0 Å². The third-order valence-electron chi connectivity index (χ3n) is 8.33. The zero-order valence-corrected chi connectivity index (χ0v) is 20.4. The fraction of sp³-hybridized carbons (Fsp3) is 0.571. The largest absolute Gasteiger partial charge is 0.461 e. The van der Waals surface area contributed by atoms with Crippen molar-refractivity contribution in [1.82, 2.24) is 14.9 Å². The molecular formula is C28H36N4O3. The fourth-order valence-electron chi connectivity index (χ4n) is 6.28. The molecule has 1 aromatic heterocycles. The SMILES string of the molecule is O=C(CN1CCC2C[C@H](OC(=O)C3(c4ccccc4)CCCCCC3)C2CC1)Nc1ncccn1. The maximum absolute atomic E-state index is 13.7. The minimum atomic E-state index is -0.503. The second-order valence-corrected chi connectivity index (χ2v) is 10.4. The molecule has 3 fully saturated rings. The van der Waals surface area contributed by atoms with Gasteiger partial charge in [-0.2, -0.15) is 0 Å². The van der Waals surface area contributed by atoms with Gasteiger partial charge in [-0.3, -0.25) is 19.8 Å². The van der Waals surface area contributed by atoms with Crippen molar-refractivity contribution < 1.29 is 14.3 Å². The fourth-order valence-corrected chi connectivity index (χ4v) is 6.28. The number of amides is 1. The molecule has 186 valence electrons. The van der Waals surface area contributed by atoms with Gasteiger partial charge in [-0.15, -0.1) is 0 Å². The van der Waals surface area contributed by atoms with Gasteiger partial charge in [-0.05, 0) is 62.7 Å². The van der Waals surface area contributed by atoms with Crippen LogP contribution in [0, 0.1) is 11.8 Å². The van der Waals surface area contributed by atoms with E-state index in [0.717, 1.165) is 63.6 Å². The minimum absolute atomic E-state index is 0.00263. The molecule has 2 aromatic rings. The Morgan fingerprint density at radius 3 is 2.43 bits per heavy atom. The summed E-state index contributed by atoms with van der Waals surface area (Å²) in [7, 11) is 0. The summed E-state index contributed by atoms with van der Waals surface area (Å²) in [5.41, 5.74) is 0.611. The number of benzene rings is 1. The Kier molecular flexibility index (Phi) is 7.42. The normalized spacial score (nSPS) is 26.3. The molecule has 3 atom stereocenters. The highest BCUT2D eigenvalue weighted by atomic mass is 16.5. The molecule has 2 aliphatic carbocycles. The lowest BCUT2D eigenvalue weighted by molar-refractivity contribution is -0.171. The van der Waals surface area contributed by atoms with Gasteiger partial charge in [0.15, 0.2) is 0 Å². The quantitative estimate of drug-likeness (QED) is 0.493. The summed E-state index contributed by atoms with van der Waals surface area (Å²) in [5.74, 6) is 1.19. The molecule has 2 unspecified atom stereocenters. The number of nitrogens with zero attached hydrogens (tertiary/aromatic N) is 3. The summed E-state index contributed by atoms with van der Waals surface area (Å²) < 4.78 is 6.31. The van der Waals surface area contributed by atoms with E-state index >= 15 is 0 Å². The summed E-state index contributed by atoms with van der Waals surface area (Å²) in [4.78, 5) is 36.5. The van der Waals surface area contributed by atoms with Crippen molar-refractivity contribution in [3.63, 3.8) is 0 Å². The monoisotopic (exact) mass is 476 g/mol.